The number of alkyl carbamates (subject to hydrolysis) is 1. The lowest BCUT2D eigenvalue weighted by Gasteiger charge is -2.35. The van der Waals surface area contributed by atoms with Gasteiger partial charge in [0.25, 0.3) is 5.91 Å². The van der Waals surface area contributed by atoms with Crippen LogP contribution in [0.3, 0.4) is 0 Å². The second kappa shape index (κ2) is 14.7. The molecule has 16 nitrogen and oxygen atoms in total. The van der Waals surface area contributed by atoms with Crippen molar-refractivity contribution in [3.05, 3.63) is 35.4 Å². The number of carbonyl (C=O) groups is 5. The number of benzene rings is 1. The van der Waals surface area contributed by atoms with Crippen molar-refractivity contribution in [2.75, 3.05) is 19.9 Å². The normalized spacial score (nSPS) is 23.5. The van der Waals surface area contributed by atoms with Gasteiger partial charge in [-0.3, -0.25) is 24.0 Å². The zero-order chi connectivity index (χ0) is 38.3. The summed E-state index contributed by atoms with van der Waals surface area (Å²) in [7, 11) is -3.84. The Morgan fingerprint density at radius 3 is 2.53 bits per heavy atom. The number of fused-ring (bicyclic) bond motifs is 2. The van der Waals surface area contributed by atoms with E-state index in [-0.39, 0.29) is 32.9 Å². The fraction of sp³-hybridized carbons (Fsp3) is 0.639. The smallest absolute Gasteiger partial charge is 0.407 e. The van der Waals surface area contributed by atoms with Crippen molar-refractivity contribution in [3.8, 4) is 11.5 Å². The molecule has 0 radical (unpaired) electrons. The maximum absolute atomic E-state index is 14.0. The Morgan fingerprint density at radius 2 is 1.87 bits per heavy atom. The Morgan fingerprint density at radius 1 is 1.11 bits per heavy atom. The van der Waals surface area contributed by atoms with Gasteiger partial charge in [0.05, 0.1) is 18.4 Å². The van der Waals surface area contributed by atoms with E-state index < -0.39 is 74.1 Å². The standard InChI is InChI=1S/C36H49N5O11S/c1-5-22-17-36(22,32(44)39-53(48,49)23-12-13-23)38-30(42)26-11-9-14-41(26)31(43)29(35(2,3)4)37-33(45)50-15-8-6-7-10-24-25-19-40(34(46)47)18-21(25)16-27-28(24)52-20-51-27/h5,16,22-23,26,29H,1,6-15,17-20H2,2-4H3,(H,37,45)(H,38,42)(H,39,44)(H,46,47)/t22-,26?,29+,36-/m0/s1. The molecule has 6 rings (SSSR count). The Labute approximate surface area is 309 Å². The second-order valence-electron chi connectivity index (χ2n) is 15.6. The van der Waals surface area contributed by atoms with Crippen molar-refractivity contribution in [1.29, 1.82) is 0 Å². The van der Waals surface area contributed by atoms with Crippen molar-refractivity contribution in [3.63, 3.8) is 0 Å². The molecule has 2 aliphatic carbocycles. The van der Waals surface area contributed by atoms with E-state index in [2.05, 4.69) is 21.9 Å². The van der Waals surface area contributed by atoms with Crippen molar-refractivity contribution in [2.45, 2.75) is 115 Å². The largest absolute Gasteiger partial charge is 0.465 e. The Balaban J connectivity index is 1.00. The van der Waals surface area contributed by atoms with Crippen LogP contribution < -0.4 is 24.8 Å². The molecule has 290 valence electrons. The van der Waals surface area contributed by atoms with Gasteiger partial charge in [-0.1, -0.05) is 26.8 Å². The Bertz CT molecular complexity index is 1790. The molecular weight excluding hydrogens is 710 g/mol. The van der Waals surface area contributed by atoms with Crippen LogP contribution in [0.4, 0.5) is 9.59 Å². The van der Waals surface area contributed by atoms with E-state index in [1.54, 1.807) is 20.8 Å². The van der Waals surface area contributed by atoms with E-state index in [0.29, 0.717) is 63.0 Å². The summed E-state index contributed by atoms with van der Waals surface area (Å²) in [5, 5.41) is 14.3. The van der Waals surface area contributed by atoms with Crippen LogP contribution in [0, 0.1) is 11.3 Å². The number of unbranched alkanes of at least 4 members (excludes halogenated alkanes) is 2. The third kappa shape index (κ3) is 8.04. The van der Waals surface area contributed by atoms with Crippen molar-refractivity contribution in [2.24, 2.45) is 11.3 Å². The monoisotopic (exact) mass is 759 g/mol. The van der Waals surface area contributed by atoms with E-state index in [1.165, 1.54) is 15.9 Å². The van der Waals surface area contributed by atoms with Crippen molar-refractivity contribution >= 4 is 39.9 Å². The number of hydrogen-bond acceptors (Lipinski definition) is 10. The van der Waals surface area contributed by atoms with Crippen molar-refractivity contribution < 1.29 is 51.7 Å². The van der Waals surface area contributed by atoms with Gasteiger partial charge in [-0.05, 0) is 80.4 Å². The quantitative estimate of drug-likeness (QED) is 0.160. The van der Waals surface area contributed by atoms with E-state index in [0.717, 1.165) is 23.1 Å². The zero-order valence-electron chi connectivity index (χ0n) is 30.4. The first-order chi connectivity index (χ1) is 25.1. The third-order valence-electron chi connectivity index (χ3n) is 10.7. The van der Waals surface area contributed by atoms with Crippen LogP contribution in [0.15, 0.2) is 18.7 Å². The highest BCUT2D eigenvalue weighted by atomic mass is 32.2. The highest BCUT2D eigenvalue weighted by molar-refractivity contribution is 7.91. The summed E-state index contributed by atoms with van der Waals surface area (Å²) in [4.78, 5) is 68.1. The molecule has 3 heterocycles. The van der Waals surface area contributed by atoms with Gasteiger partial charge in [-0.15, -0.1) is 6.58 Å². The number of rotatable bonds is 14. The van der Waals surface area contributed by atoms with Crippen LogP contribution in [0.1, 0.15) is 88.8 Å². The molecular formula is C36H49N5O11S. The molecule has 1 unspecified atom stereocenters. The Kier molecular flexibility index (Phi) is 10.6. The fourth-order valence-corrected chi connectivity index (χ4v) is 8.80. The first kappa shape index (κ1) is 38.2. The zero-order valence-corrected chi connectivity index (χ0v) is 31.2. The van der Waals surface area contributed by atoms with E-state index in [4.69, 9.17) is 14.2 Å². The maximum atomic E-state index is 14.0. The molecule has 0 spiro atoms. The number of amides is 5. The predicted octanol–water partition coefficient (Wildman–Crippen LogP) is 2.92. The first-order valence-electron chi connectivity index (χ1n) is 18.2. The van der Waals surface area contributed by atoms with Gasteiger partial charge in [0.1, 0.15) is 17.6 Å². The summed E-state index contributed by atoms with van der Waals surface area (Å²) in [6, 6.07) is -0.0988. The molecule has 0 bridgehead atoms. The molecule has 1 saturated heterocycles. The van der Waals surface area contributed by atoms with Gasteiger partial charge in [0.2, 0.25) is 28.6 Å². The van der Waals surface area contributed by atoms with Gasteiger partial charge in [0, 0.05) is 24.6 Å². The number of likely N-dealkylation sites (tertiary alicyclic amines) is 1. The van der Waals surface area contributed by atoms with Crippen LogP contribution in [0.2, 0.25) is 0 Å². The number of sulfonamides is 1. The molecule has 17 heteroatoms. The molecule has 5 amide bonds. The molecule has 3 fully saturated rings. The SMILES string of the molecule is C=C[C@H]1C[C@@]1(NC(=O)C1CCCN1C(=O)[C@@H](NC(=O)OCCCCCc1c2c(cc3c1OCO3)CN(C(=O)O)C2)C(C)(C)C)C(=O)NS(=O)(=O)C1CC1. The number of ether oxygens (including phenoxy) is 3. The van der Waals surface area contributed by atoms with Gasteiger partial charge < -0.3 is 34.9 Å². The lowest BCUT2D eigenvalue weighted by molar-refractivity contribution is -0.142. The van der Waals surface area contributed by atoms with E-state index in [1.807, 2.05) is 6.07 Å². The minimum absolute atomic E-state index is 0.105. The summed E-state index contributed by atoms with van der Waals surface area (Å²) in [6.45, 7) is 10.2. The lowest BCUT2D eigenvalue weighted by atomic mass is 9.85. The fourth-order valence-electron chi connectivity index (χ4n) is 7.44. The topological polar surface area (TPSA) is 210 Å². The van der Waals surface area contributed by atoms with Gasteiger partial charge in [0.15, 0.2) is 11.5 Å². The predicted molar refractivity (Wildman–Crippen MR) is 189 cm³/mol. The molecule has 5 aliphatic rings. The number of nitrogens with zero attached hydrogens (tertiary/aromatic N) is 2. The van der Waals surface area contributed by atoms with E-state index >= 15 is 0 Å². The Hall–Kier alpha value is -4.54. The molecule has 3 aliphatic heterocycles. The van der Waals surface area contributed by atoms with E-state index in [9.17, 15) is 37.5 Å². The van der Waals surface area contributed by atoms with Crippen LogP contribution in [0.25, 0.3) is 0 Å². The van der Waals surface area contributed by atoms with Crippen LogP contribution in [0.5, 0.6) is 11.5 Å². The number of carboxylic acid groups (broad SMARTS) is 1. The molecule has 4 N–H and O–H groups in total. The van der Waals surface area contributed by atoms with Crippen LogP contribution >= 0.6 is 0 Å². The highest BCUT2D eigenvalue weighted by Crippen LogP contribution is 2.46. The summed E-state index contributed by atoms with van der Waals surface area (Å²) in [6.07, 6.45) is 4.39. The van der Waals surface area contributed by atoms with Crippen LogP contribution in [-0.2, 0) is 48.7 Å². The van der Waals surface area contributed by atoms with Crippen LogP contribution in [-0.4, -0.2) is 96.0 Å². The minimum Gasteiger partial charge on any atom is -0.465 e. The lowest BCUT2D eigenvalue weighted by Crippen LogP contribution is -2.60. The van der Waals surface area contributed by atoms with Gasteiger partial charge >= 0.3 is 12.2 Å². The van der Waals surface area contributed by atoms with Gasteiger partial charge in [-0.25, -0.2) is 18.0 Å². The second-order valence-corrected chi connectivity index (χ2v) is 17.6. The van der Waals surface area contributed by atoms with Gasteiger partial charge in [-0.2, -0.15) is 0 Å². The maximum Gasteiger partial charge on any atom is 0.407 e. The first-order valence-corrected chi connectivity index (χ1v) is 19.8. The summed E-state index contributed by atoms with van der Waals surface area (Å²) in [5.74, 6) is -1.03. The number of hydrogen-bond donors (Lipinski definition) is 4. The third-order valence-corrected chi connectivity index (χ3v) is 12.5. The number of nitrogens with one attached hydrogen (secondary N) is 3. The average molecular weight is 760 g/mol. The molecule has 53 heavy (non-hydrogen) atoms. The molecule has 4 atom stereocenters. The minimum atomic E-state index is -3.84. The number of carbonyl (C=O) groups excluding carboxylic acids is 4. The molecule has 2 saturated carbocycles. The summed E-state index contributed by atoms with van der Waals surface area (Å²) >= 11 is 0. The average Bonchev–Trinajstić information content (AvgIpc) is 3.88. The molecule has 1 aromatic carbocycles. The summed E-state index contributed by atoms with van der Waals surface area (Å²) in [5.41, 5.74) is 0.582. The van der Waals surface area contributed by atoms with Crippen molar-refractivity contribution in [1.82, 2.24) is 25.2 Å². The molecule has 1 aromatic rings. The summed E-state index contributed by atoms with van der Waals surface area (Å²) < 4.78 is 43.8. The highest BCUT2D eigenvalue weighted by Gasteiger charge is 2.61. The molecule has 0 aromatic heterocycles.